The molecule has 25 heavy (non-hydrogen) atoms. The summed E-state index contributed by atoms with van der Waals surface area (Å²) in [6, 6.07) is 5.95. The van der Waals surface area contributed by atoms with E-state index < -0.39 is 20.5 Å². The molecule has 0 radical (unpaired) electrons. The van der Waals surface area contributed by atoms with Crippen LogP contribution in [0.5, 0.6) is 5.75 Å². The molecule has 2 rings (SSSR count). The minimum Gasteiger partial charge on any atom is -0.494 e. The Hall–Kier alpha value is -1.90. The number of carbonyl (C=O) groups excluding carboxylic acids is 1. The molecule has 138 valence electrons. The van der Waals surface area contributed by atoms with Crippen LogP contribution in [0.3, 0.4) is 0 Å². The molecule has 1 aromatic carbocycles. The maximum Gasteiger partial charge on any atom is 0.265 e. The number of unbranched alkanes of at least 4 members (excludes halogenated alkanes) is 1. The molecule has 1 aliphatic rings. The third kappa shape index (κ3) is 4.02. The van der Waals surface area contributed by atoms with E-state index in [-0.39, 0.29) is 31.0 Å². The number of carbonyl (C=O) groups is 1. The van der Waals surface area contributed by atoms with Crippen LogP contribution >= 0.6 is 0 Å². The Balaban J connectivity index is 2.22. The minimum absolute atomic E-state index is 0.0106. The van der Waals surface area contributed by atoms with Gasteiger partial charge in [0, 0.05) is 13.2 Å². The first kappa shape index (κ1) is 19.4. The van der Waals surface area contributed by atoms with Crippen LogP contribution in [0, 0.1) is 0 Å². The van der Waals surface area contributed by atoms with Crippen LogP contribution in [0.2, 0.25) is 0 Å². The van der Waals surface area contributed by atoms with Gasteiger partial charge in [0.2, 0.25) is 0 Å². The van der Waals surface area contributed by atoms with Gasteiger partial charge in [0.1, 0.15) is 5.75 Å². The number of hydrogen-bond acceptors (Lipinski definition) is 6. The summed E-state index contributed by atoms with van der Waals surface area (Å²) in [7, 11) is -4.00. The SMILES string of the molecule is C=CCCCOc1ccc(S(=O)(=O)C2(C(=O)NO)CCOCC2)cc1. The van der Waals surface area contributed by atoms with Gasteiger partial charge in [-0.05, 0) is 49.9 Å². The predicted octanol–water partition coefficient (Wildman–Crippen LogP) is 1.86. The first-order chi connectivity index (χ1) is 12.0. The molecule has 8 heteroatoms. The van der Waals surface area contributed by atoms with Gasteiger partial charge in [-0.25, -0.2) is 13.9 Å². The van der Waals surface area contributed by atoms with Crippen molar-refractivity contribution in [2.45, 2.75) is 35.3 Å². The van der Waals surface area contributed by atoms with Gasteiger partial charge >= 0.3 is 0 Å². The van der Waals surface area contributed by atoms with Crippen molar-refractivity contribution in [1.82, 2.24) is 5.48 Å². The molecule has 1 fully saturated rings. The number of allylic oxidation sites excluding steroid dienone is 1. The zero-order valence-corrected chi connectivity index (χ0v) is 14.8. The van der Waals surface area contributed by atoms with Crippen molar-refractivity contribution in [1.29, 1.82) is 0 Å². The van der Waals surface area contributed by atoms with E-state index in [1.807, 2.05) is 0 Å². The Labute approximate surface area is 147 Å². The predicted molar refractivity (Wildman–Crippen MR) is 91.3 cm³/mol. The van der Waals surface area contributed by atoms with Crippen molar-refractivity contribution in [3.63, 3.8) is 0 Å². The number of amides is 1. The lowest BCUT2D eigenvalue weighted by Crippen LogP contribution is -2.54. The van der Waals surface area contributed by atoms with Crippen LogP contribution in [0.25, 0.3) is 0 Å². The molecule has 0 aliphatic carbocycles. The van der Waals surface area contributed by atoms with E-state index in [1.54, 1.807) is 18.2 Å². The number of hydrogen-bond donors (Lipinski definition) is 2. The van der Waals surface area contributed by atoms with E-state index in [0.29, 0.717) is 12.4 Å². The van der Waals surface area contributed by atoms with Crippen LogP contribution in [0.15, 0.2) is 41.8 Å². The second-order valence-corrected chi connectivity index (χ2v) is 8.06. The summed E-state index contributed by atoms with van der Waals surface area (Å²) in [5.41, 5.74) is 1.50. The number of nitrogens with one attached hydrogen (secondary N) is 1. The van der Waals surface area contributed by atoms with Crippen LogP contribution in [-0.2, 0) is 19.4 Å². The number of hydroxylamine groups is 1. The zero-order valence-electron chi connectivity index (χ0n) is 13.9. The summed E-state index contributed by atoms with van der Waals surface area (Å²) >= 11 is 0. The Bertz CT molecular complexity index is 692. The fourth-order valence-corrected chi connectivity index (χ4v) is 4.72. The largest absolute Gasteiger partial charge is 0.494 e. The zero-order chi connectivity index (χ0) is 18.3. The molecule has 0 saturated carbocycles. The van der Waals surface area contributed by atoms with Crippen molar-refractivity contribution in [3.05, 3.63) is 36.9 Å². The molecule has 1 saturated heterocycles. The van der Waals surface area contributed by atoms with Gasteiger partial charge in [0.25, 0.3) is 5.91 Å². The van der Waals surface area contributed by atoms with Crippen molar-refractivity contribution in [2.24, 2.45) is 0 Å². The first-order valence-corrected chi connectivity index (χ1v) is 9.57. The normalized spacial score (nSPS) is 16.8. The van der Waals surface area contributed by atoms with Crippen molar-refractivity contribution in [2.75, 3.05) is 19.8 Å². The fourth-order valence-electron chi connectivity index (χ4n) is 2.78. The minimum atomic E-state index is -4.00. The van der Waals surface area contributed by atoms with Crippen molar-refractivity contribution in [3.8, 4) is 5.75 Å². The number of benzene rings is 1. The maximum absolute atomic E-state index is 13.0. The van der Waals surface area contributed by atoms with Gasteiger partial charge in [0.15, 0.2) is 14.6 Å². The molecule has 0 spiro atoms. The Morgan fingerprint density at radius 1 is 1.32 bits per heavy atom. The van der Waals surface area contributed by atoms with E-state index in [1.165, 1.54) is 17.6 Å². The molecule has 0 atom stereocenters. The monoisotopic (exact) mass is 369 g/mol. The molecule has 7 nitrogen and oxygen atoms in total. The fraction of sp³-hybridized carbons (Fsp3) is 0.471. The highest BCUT2D eigenvalue weighted by atomic mass is 32.2. The van der Waals surface area contributed by atoms with Gasteiger partial charge in [-0.3, -0.25) is 10.0 Å². The summed E-state index contributed by atoms with van der Waals surface area (Å²) < 4.78 is 35.1. The summed E-state index contributed by atoms with van der Waals surface area (Å²) in [6.45, 7) is 4.41. The smallest absolute Gasteiger partial charge is 0.265 e. The van der Waals surface area contributed by atoms with E-state index in [4.69, 9.17) is 14.7 Å². The lowest BCUT2D eigenvalue weighted by Gasteiger charge is -2.34. The third-order valence-corrected chi connectivity index (χ3v) is 6.80. The molecule has 1 aromatic rings. The quantitative estimate of drug-likeness (QED) is 0.314. The van der Waals surface area contributed by atoms with Crippen molar-refractivity contribution >= 4 is 15.7 Å². The third-order valence-electron chi connectivity index (χ3n) is 4.29. The lowest BCUT2D eigenvalue weighted by molar-refractivity contribution is -0.134. The molecule has 1 amide bonds. The maximum atomic E-state index is 13.0. The molecular weight excluding hydrogens is 346 g/mol. The summed E-state index contributed by atoms with van der Waals surface area (Å²) in [4.78, 5) is 12.2. The molecule has 0 unspecified atom stereocenters. The van der Waals surface area contributed by atoms with Crippen molar-refractivity contribution < 1.29 is 27.9 Å². The first-order valence-electron chi connectivity index (χ1n) is 8.08. The number of sulfone groups is 1. The Kier molecular flexibility index (Phi) is 6.57. The molecule has 0 bridgehead atoms. The molecule has 2 N–H and O–H groups in total. The Morgan fingerprint density at radius 2 is 1.96 bits per heavy atom. The van der Waals surface area contributed by atoms with Gasteiger partial charge < -0.3 is 9.47 Å². The van der Waals surface area contributed by atoms with Gasteiger partial charge in [-0.2, -0.15) is 0 Å². The van der Waals surface area contributed by atoms with E-state index in [2.05, 4.69) is 6.58 Å². The highest BCUT2D eigenvalue weighted by Crippen LogP contribution is 2.35. The van der Waals surface area contributed by atoms with E-state index in [0.717, 1.165) is 12.8 Å². The Morgan fingerprint density at radius 3 is 2.52 bits per heavy atom. The highest BCUT2D eigenvalue weighted by molar-refractivity contribution is 7.93. The molecule has 1 aliphatic heterocycles. The second kappa shape index (κ2) is 8.46. The van der Waals surface area contributed by atoms with Crippen LogP contribution < -0.4 is 10.2 Å². The second-order valence-electron chi connectivity index (χ2n) is 5.80. The van der Waals surface area contributed by atoms with Gasteiger partial charge in [-0.1, -0.05) is 6.08 Å². The van der Waals surface area contributed by atoms with E-state index in [9.17, 15) is 13.2 Å². The molecule has 0 aromatic heterocycles. The topological polar surface area (TPSA) is 102 Å². The van der Waals surface area contributed by atoms with Crippen LogP contribution in [0.1, 0.15) is 25.7 Å². The average molecular weight is 369 g/mol. The highest BCUT2D eigenvalue weighted by Gasteiger charge is 2.52. The summed E-state index contributed by atoms with van der Waals surface area (Å²) in [5, 5.41) is 9.02. The average Bonchev–Trinajstić information content (AvgIpc) is 2.65. The summed E-state index contributed by atoms with van der Waals surface area (Å²) in [5.74, 6) is -0.379. The number of rotatable bonds is 8. The van der Waals surface area contributed by atoms with Gasteiger partial charge in [-0.15, -0.1) is 6.58 Å². The van der Waals surface area contributed by atoms with E-state index >= 15 is 0 Å². The van der Waals surface area contributed by atoms with Gasteiger partial charge in [0.05, 0.1) is 11.5 Å². The van der Waals surface area contributed by atoms with Crippen LogP contribution in [0.4, 0.5) is 0 Å². The molecule has 1 heterocycles. The number of ether oxygens (including phenoxy) is 2. The lowest BCUT2D eigenvalue weighted by atomic mass is 9.98. The molecular formula is C17H23NO6S. The summed E-state index contributed by atoms with van der Waals surface area (Å²) in [6.07, 6.45) is 3.44. The van der Waals surface area contributed by atoms with Crippen LogP contribution in [-0.4, -0.2) is 44.1 Å². The standard InChI is InChI=1S/C17H23NO6S/c1-2-3-4-11-24-14-5-7-15(8-6-14)25(21,22)17(16(19)18-20)9-12-23-13-10-17/h2,5-8,20H,1,3-4,9-13H2,(H,18,19).